The fourth-order valence-corrected chi connectivity index (χ4v) is 3.85. The topological polar surface area (TPSA) is 41.6 Å². The van der Waals surface area contributed by atoms with Gasteiger partial charge in [0.05, 0.1) is 0 Å². The number of rotatable bonds is 11. The molecule has 4 heteroatoms. The summed E-state index contributed by atoms with van der Waals surface area (Å²) in [6.45, 7) is 6.22. The van der Waals surface area contributed by atoms with Crippen LogP contribution in [0.15, 0.2) is 91.0 Å². The van der Waals surface area contributed by atoms with Crippen LogP contribution >= 0.6 is 0 Å². The molecule has 0 radical (unpaired) electrons. The Balaban J connectivity index is 1.70. The number of nitrogens with zero attached hydrogens (tertiary/aromatic N) is 1. The fraction of sp³-hybridized carbons (Fsp3) is 0.258. The van der Waals surface area contributed by atoms with Crippen molar-refractivity contribution in [2.45, 2.75) is 20.3 Å². The Labute approximate surface area is 209 Å². The lowest BCUT2D eigenvalue weighted by Gasteiger charge is -2.17. The maximum absolute atomic E-state index is 11.5. The maximum atomic E-state index is 11.5. The highest BCUT2D eigenvalue weighted by Crippen LogP contribution is 2.35. The Hall–Kier alpha value is -3.63. The number of amides is 1. The number of benzene rings is 3. The summed E-state index contributed by atoms with van der Waals surface area (Å²) < 4.78 is 5.92. The molecule has 0 saturated carbocycles. The number of likely N-dealkylation sites (N-methyl/N-ethyl adjacent to an activating group) is 1. The van der Waals surface area contributed by atoms with E-state index >= 15 is 0 Å². The largest absolute Gasteiger partial charge is 0.492 e. The lowest BCUT2D eigenvalue weighted by Crippen LogP contribution is -2.22. The van der Waals surface area contributed by atoms with E-state index in [1.165, 1.54) is 33.4 Å². The van der Waals surface area contributed by atoms with Crippen molar-refractivity contribution in [1.29, 1.82) is 0 Å². The third-order valence-electron chi connectivity index (χ3n) is 5.77. The maximum Gasteiger partial charge on any atom is 0.245 e. The van der Waals surface area contributed by atoms with Gasteiger partial charge in [-0.25, -0.2) is 0 Å². The summed E-state index contributed by atoms with van der Waals surface area (Å²) in [5.74, 6) is 0.829. The van der Waals surface area contributed by atoms with E-state index in [1.807, 2.05) is 18.2 Å². The van der Waals surface area contributed by atoms with Crippen molar-refractivity contribution in [3.63, 3.8) is 0 Å². The second kappa shape index (κ2) is 13.3. The highest BCUT2D eigenvalue weighted by molar-refractivity contribution is 5.98. The van der Waals surface area contributed by atoms with Crippen LogP contribution in [0.1, 0.15) is 35.6 Å². The molecule has 0 aliphatic heterocycles. The van der Waals surface area contributed by atoms with Gasteiger partial charge in [-0.2, -0.15) is 0 Å². The van der Waals surface area contributed by atoms with Crippen LogP contribution in [0.25, 0.3) is 11.1 Å². The van der Waals surface area contributed by atoms with Crippen LogP contribution in [0, 0.1) is 6.92 Å². The zero-order valence-electron chi connectivity index (χ0n) is 21.3. The van der Waals surface area contributed by atoms with Gasteiger partial charge in [-0.05, 0) is 53.3 Å². The van der Waals surface area contributed by atoms with Crippen molar-refractivity contribution < 1.29 is 9.53 Å². The molecule has 0 saturated heterocycles. The molecule has 0 atom stereocenters. The SMILES string of the molecule is CC/C(=C(\c1ccccc1)c1ccc(OCCNC/C=C/C(=O)N(C)C)cc1)c1ccc(C)cc1. The van der Waals surface area contributed by atoms with Gasteiger partial charge in [0.25, 0.3) is 0 Å². The molecule has 0 aliphatic carbocycles. The zero-order valence-corrected chi connectivity index (χ0v) is 21.3. The molecular formula is C31H36N2O2. The standard InChI is InChI=1S/C31H36N2O2/c1-5-29(25-15-13-24(2)14-16-25)31(26-10-7-6-8-11-26)27-17-19-28(20-18-27)35-23-22-32-21-9-12-30(34)33(3)4/h6-20,32H,5,21-23H2,1-4H3/b12-9+,31-29-. The van der Waals surface area contributed by atoms with Gasteiger partial charge in [-0.3, -0.25) is 4.79 Å². The minimum absolute atomic E-state index is 0.0133. The van der Waals surface area contributed by atoms with Gasteiger partial charge < -0.3 is 15.0 Å². The normalized spacial score (nSPS) is 11.9. The Bertz CT molecular complexity index is 1130. The summed E-state index contributed by atoms with van der Waals surface area (Å²) in [6.07, 6.45) is 4.34. The molecular weight excluding hydrogens is 432 g/mol. The summed E-state index contributed by atoms with van der Waals surface area (Å²) in [5, 5.41) is 3.26. The molecule has 3 aromatic carbocycles. The number of aryl methyl sites for hydroxylation is 1. The lowest BCUT2D eigenvalue weighted by atomic mass is 9.88. The van der Waals surface area contributed by atoms with Gasteiger partial charge in [0.15, 0.2) is 0 Å². The summed E-state index contributed by atoms with van der Waals surface area (Å²) in [7, 11) is 3.48. The van der Waals surface area contributed by atoms with Gasteiger partial charge in [-0.1, -0.05) is 85.3 Å². The summed E-state index contributed by atoms with van der Waals surface area (Å²) in [4.78, 5) is 13.1. The number of hydrogen-bond acceptors (Lipinski definition) is 3. The van der Waals surface area contributed by atoms with Crippen LogP contribution < -0.4 is 10.1 Å². The number of nitrogens with one attached hydrogen (secondary N) is 1. The first-order valence-electron chi connectivity index (χ1n) is 12.2. The Kier molecular flexibility index (Phi) is 9.88. The second-order valence-corrected chi connectivity index (χ2v) is 8.65. The number of hydrogen-bond donors (Lipinski definition) is 1. The van der Waals surface area contributed by atoms with Crippen LogP contribution in [0.4, 0.5) is 0 Å². The molecule has 35 heavy (non-hydrogen) atoms. The van der Waals surface area contributed by atoms with Gasteiger partial charge in [0, 0.05) is 33.3 Å². The smallest absolute Gasteiger partial charge is 0.245 e. The molecule has 0 heterocycles. The highest BCUT2D eigenvalue weighted by Gasteiger charge is 2.13. The van der Waals surface area contributed by atoms with E-state index in [9.17, 15) is 4.79 Å². The van der Waals surface area contributed by atoms with E-state index in [-0.39, 0.29) is 5.91 Å². The van der Waals surface area contributed by atoms with E-state index in [1.54, 1.807) is 25.1 Å². The Morgan fingerprint density at radius 1 is 0.886 bits per heavy atom. The van der Waals surface area contributed by atoms with Gasteiger partial charge in [0.1, 0.15) is 12.4 Å². The van der Waals surface area contributed by atoms with Gasteiger partial charge in [0.2, 0.25) is 5.91 Å². The summed E-state index contributed by atoms with van der Waals surface area (Å²) in [6, 6.07) is 27.7. The first-order valence-corrected chi connectivity index (χ1v) is 12.2. The fourth-order valence-electron chi connectivity index (χ4n) is 3.85. The Morgan fingerprint density at radius 3 is 2.14 bits per heavy atom. The molecule has 182 valence electrons. The number of ether oxygens (including phenoxy) is 1. The molecule has 1 N–H and O–H groups in total. The van der Waals surface area contributed by atoms with Crippen molar-refractivity contribution in [3.05, 3.63) is 113 Å². The molecule has 1 amide bonds. The minimum Gasteiger partial charge on any atom is -0.492 e. The number of allylic oxidation sites excluding steroid dienone is 1. The number of carbonyl (C=O) groups is 1. The van der Waals surface area contributed by atoms with Crippen LogP contribution in [-0.2, 0) is 4.79 Å². The van der Waals surface area contributed by atoms with Crippen LogP contribution in [0.3, 0.4) is 0 Å². The average Bonchev–Trinajstić information content (AvgIpc) is 2.88. The van der Waals surface area contributed by atoms with E-state index in [2.05, 4.69) is 85.9 Å². The van der Waals surface area contributed by atoms with E-state index < -0.39 is 0 Å². The molecule has 4 nitrogen and oxygen atoms in total. The molecule has 0 fully saturated rings. The first-order chi connectivity index (χ1) is 17.0. The van der Waals surface area contributed by atoms with Crippen LogP contribution in [-0.4, -0.2) is 44.6 Å². The molecule has 0 spiro atoms. The third-order valence-corrected chi connectivity index (χ3v) is 5.77. The number of carbonyl (C=O) groups excluding carboxylic acids is 1. The third kappa shape index (κ3) is 7.69. The summed E-state index contributed by atoms with van der Waals surface area (Å²) in [5.41, 5.74) is 7.49. The second-order valence-electron chi connectivity index (χ2n) is 8.65. The molecule has 3 aromatic rings. The predicted molar refractivity (Wildman–Crippen MR) is 146 cm³/mol. The average molecular weight is 469 g/mol. The van der Waals surface area contributed by atoms with Crippen molar-refractivity contribution in [3.8, 4) is 5.75 Å². The van der Waals surface area contributed by atoms with E-state index in [0.717, 1.165) is 12.2 Å². The van der Waals surface area contributed by atoms with Crippen molar-refractivity contribution >= 4 is 17.1 Å². The van der Waals surface area contributed by atoms with E-state index in [4.69, 9.17) is 4.74 Å². The highest BCUT2D eigenvalue weighted by atomic mass is 16.5. The van der Waals surface area contributed by atoms with Gasteiger partial charge in [-0.15, -0.1) is 0 Å². The lowest BCUT2D eigenvalue weighted by molar-refractivity contribution is -0.123. The van der Waals surface area contributed by atoms with Crippen molar-refractivity contribution in [2.75, 3.05) is 33.8 Å². The molecule has 0 aromatic heterocycles. The van der Waals surface area contributed by atoms with Crippen LogP contribution in [0.5, 0.6) is 5.75 Å². The van der Waals surface area contributed by atoms with Gasteiger partial charge >= 0.3 is 0 Å². The monoisotopic (exact) mass is 468 g/mol. The minimum atomic E-state index is -0.0133. The quantitative estimate of drug-likeness (QED) is 0.214. The van der Waals surface area contributed by atoms with Crippen molar-refractivity contribution in [1.82, 2.24) is 10.2 Å². The molecule has 3 rings (SSSR count). The van der Waals surface area contributed by atoms with E-state index in [0.29, 0.717) is 19.7 Å². The molecule has 0 aliphatic rings. The zero-order chi connectivity index (χ0) is 25.0. The van der Waals surface area contributed by atoms with Crippen LogP contribution in [0.2, 0.25) is 0 Å². The van der Waals surface area contributed by atoms with Crippen molar-refractivity contribution in [2.24, 2.45) is 0 Å². The first kappa shape index (κ1) is 26.0. The predicted octanol–water partition coefficient (Wildman–Crippen LogP) is 5.98. The summed E-state index contributed by atoms with van der Waals surface area (Å²) >= 11 is 0. The Morgan fingerprint density at radius 2 is 1.51 bits per heavy atom. The molecule has 0 unspecified atom stereocenters. The molecule has 0 bridgehead atoms.